The molecule has 1 heterocycles. The Morgan fingerprint density at radius 1 is 1.31 bits per heavy atom. The van der Waals surface area contributed by atoms with Gasteiger partial charge in [0.2, 0.25) is 0 Å². The van der Waals surface area contributed by atoms with Crippen molar-refractivity contribution >= 4 is 17.6 Å². The Kier molecular flexibility index (Phi) is 5.67. The van der Waals surface area contributed by atoms with Crippen molar-refractivity contribution in [3.63, 3.8) is 0 Å². The van der Waals surface area contributed by atoms with E-state index in [1.165, 1.54) is 11.6 Å². The van der Waals surface area contributed by atoms with Crippen LogP contribution in [0, 0.1) is 5.82 Å². The second kappa shape index (κ2) is 7.96. The Labute approximate surface area is 157 Å². The number of ether oxygens (including phenoxy) is 1. The molecule has 2 unspecified atom stereocenters. The lowest BCUT2D eigenvalue weighted by atomic mass is 9.98. The minimum absolute atomic E-state index is 0.0596. The van der Waals surface area contributed by atoms with Gasteiger partial charge in [0.05, 0.1) is 18.2 Å². The topological polar surface area (TPSA) is 41.6 Å². The van der Waals surface area contributed by atoms with Crippen LogP contribution in [0.2, 0.25) is 5.02 Å². The zero-order valence-corrected chi connectivity index (χ0v) is 15.6. The van der Waals surface area contributed by atoms with E-state index in [1.54, 1.807) is 19.2 Å². The predicted octanol–water partition coefficient (Wildman–Crippen LogP) is 4.75. The fourth-order valence-electron chi connectivity index (χ4n) is 3.23. The van der Waals surface area contributed by atoms with Crippen LogP contribution in [0.1, 0.15) is 36.4 Å². The molecule has 2 aromatic carbocycles. The van der Waals surface area contributed by atoms with Gasteiger partial charge in [0.1, 0.15) is 11.6 Å². The highest BCUT2D eigenvalue weighted by molar-refractivity contribution is 6.30. The predicted molar refractivity (Wildman–Crippen MR) is 100 cm³/mol. The lowest BCUT2D eigenvalue weighted by molar-refractivity contribution is 0.205. The molecule has 26 heavy (non-hydrogen) atoms. The van der Waals surface area contributed by atoms with E-state index in [2.05, 4.69) is 5.32 Å². The summed E-state index contributed by atoms with van der Waals surface area (Å²) in [6, 6.07) is 12.1. The first-order chi connectivity index (χ1) is 12.5. The fraction of sp³-hybridized carbons (Fsp3) is 0.350. The Morgan fingerprint density at radius 3 is 2.69 bits per heavy atom. The molecular weight excluding hydrogens is 355 g/mol. The summed E-state index contributed by atoms with van der Waals surface area (Å²) < 4.78 is 18.5. The van der Waals surface area contributed by atoms with Gasteiger partial charge < -0.3 is 15.0 Å². The van der Waals surface area contributed by atoms with E-state index in [9.17, 15) is 9.18 Å². The number of carbonyl (C=O) groups excluding carboxylic acids is 1. The van der Waals surface area contributed by atoms with Crippen molar-refractivity contribution in [2.75, 3.05) is 20.2 Å². The van der Waals surface area contributed by atoms with Gasteiger partial charge in [-0.3, -0.25) is 0 Å². The van der Waals surface area contributed by atoms with Crippen LogP contribution < -0.4 is 10.1 Å². The van der Waals surface area contributed by atoms with Crippen molar-refractivity contribution in [1.82, 2.24) is 10.2 Å². The van der Waals surface area contributed by atoms with Crippen molar-refractivity contribution in [3.05, 3.63) is 64.4 Å². The molecule has 3 rings (SSSR count). The summed E-state index contributed by atoms with van der Waals surface area (Å²) in [6.07, 6.45) is 0.927. The third-order valence-electron chi connectivity index (χ3n) is 4.85. The summed E-state index contributed by atoms with van der Waals surface area (Å²) >= 11 is 5.82. The molecule has 2 amide bonds. The summed E-state index contributed by atoms with van der Waals surface area (Å²) in [7, 11) is 1.64. The molecule has 1 N–H and O–H groups in total. The van der Waals surface area contributed by atoms with Crippen molar-refractivity contribution in [3.8, 4) is 5.75 Å². The Hall–Kier alpha value is -2.27. The summed E-state index contributed by atoms with van der Waals surface area (Å²) in [4.78, 5) is 14.4. The number of urea groups is 1. The van der Waals surface area contributed by atoms with Crippen molar-refractivity contribution < 1.29 is 13.9 Å². The molecule has 1 aliphatic heterocycles. The van der Waals surface area contributed by atoms with E-state index in [0.717, 1.165) is 17.7 Å². The standard InChI is InChI=1S/C20H22ClFN2O2/c1-13(15-5-8-19(22)18(21)11-15)23-20(25)24-10-9-16(12-24)14-3-6-17(26-2)7-4-14/h3-8,11,13,16H,9-10,12H2,1-2H3,(H,23,25). The SMILES string of the molecule is COc1ccc(C2CCN(C(=O)NC(C)c3ccc(F)c(Cl)c3)C2)cc1. The van der Waals surface area contributed by atoms with Crippen molar-refractivity contribution in [1.29, 1.82) is 0 Å². The van der Waals surface area contributed by atoms with Crippen LogP contribution in [-0.4, -0.2) is 31.1 Å². The molecule has 0 saturated carbocycles. The van der Waals surface area contributed by atoms with Gasteiger partial charge in [0.25, 0.3) is 0 Å². The molecule has 2 atom stereocenters. The number of methoxy groups -OCH3 is 1. The number of hydrogen-bond donors (Lipinski definition) is 1. The number of halogens is 2. The fourth-order valence-corrected chi connectivity index (χ4v) is 3.42. The summed E-state index contributed by atoms with van der Waals surface area (Å²) in [5, 5.41) is 3.02. The van der Waals surface area contributed by atoms with E-state index in [0.29, 0.717) is 19.0 Å². The van der Waals surface area contributed by atoms with Crippen molar-refractivity contribution in [2.45, 2.75) is 25.3 Å². The van der Waals surface area contributed by atoms with Gasteiger partial charge in [0.15, 0.2) is 0 Å². The minimum Gasteiger partial charge on any atom is -0.497 e. The number of amides is 2. The molecule has 1 fully saturated rings. The lowest BCUT2D eigenvalue weighted by Gasteiger charge is -2.21. The molecule has 2 aromatic rings. The van der Waals surface area contributed by atoms with Crippen molar-refractivity contribution in [2.24, 2.45) is 0 Å². The monoisotopic (exact) mass is 376 g/mol. The molecule has 0 aromatic heterocycles. The van der Waals surface area contributed by atoms with Crippen LogP contribution >= 0.6 is 11.6 Å². The largest absolute Gasteiger partial charge is 0.497 e. The van der Waals surface area contributed by atoms with Gasteiger partial charge in [-0.2, -0.15) is 0 Å². The summed E-state index contributed by atoms with van der Waals surface area (Å²) in [5.74, 6) is 0.686. The second-order valence-electron chi connectivity index (χ2n) is 6.55. The highest BCUT2D eigenvalue weighted by Gasteiger charge is 2.28. The molecular formula is C20H22ClFN2O2. The highest BCUT2D eigenvalue weighted by atomic mass is 35.5. The summed E-state index contributed by atoms with van der Waals surface area (Å²) in [5.41, 5.74) is 1.98. The van der Waals surface area contributed by atoms with Gasteiger partial charge in [-0.25, -0.2) is 9.18 Å². The van der Waals surface area contributed by atoms with Gasteiger partial charge in [-0.1, -0.05) is 29.8 Å². The average Bonchev–Trinajstić information content (AvgIpc) is 3.14. The van der Waals surface area contributed by atoms with Crippen LogP contribution in [0.4, 0.5) is 9.18 Å². The number of nitrogens with zero attached hydrogens (tertiary/aromatic N) is 1. The number of hydrogen-bond acceptors (Lipinski definition) is 2. The summed E-state index contributed by atoms with van der Waals surface area (Å²) in [6.45, 7) is 3.24. The number of nitrogens with one attached hydrogen (secondary N) is 1. The second-order valence-corrected chi connectivity index (χ2v) is 6.96. The van der Waals surface area contributed by atoms with Gasteiger partial charge in [0, 0.05) is 19.0 Å². The molecule has 0 aliphatic carbocycles. The smallest absolute Gasteiger partial charge is 0.317 e. The maximum absolute atomic E-state index is 13.3. The molecule has 4 nitrogen and oxygen atoms in total. The molecule has 1 aliphatic rings. The van der Waals surface area contributed by atoms with E-state index >= 15 is 0 Å². The van der Waals surface area contributed by atoms with Gasteiger partial charge in [-0.05, 0) is 48.7 Å². The lowest BCUT2D eigenvalue weighted by Crippen LogP contribution is -2.39. The number of carbonyl (C=O) groups is 1. The number of benzene rings is 2. The molecule has 138 valence electrons. The molecule has 6 heteroatoms. The van der Waals surface area contributed by atoms with Gasteiger partial charge >= 0.3 is 6.03 Å². The Morgan fingerprint density at radius 2 is 2.04 bits per heavy atom. The first-order valence-electron chi connectivity index (χ1n) is 8.62. The zero-order valence-electron chi connectivity index (χ0n) is 14.8. The first kappa shape index (κ1) is 18.5. The van der Waals surface area contributed by atoms with E-state index in [4.69, 9.17) is 16.3 Å². The third-order valence-corrected chi connectivity index (χ3v) is 5.14. The number of rotatable bonds is 4. The molecule has 0 bridgehead atoms. The first-order valence-corrected chi connectivity index (χ1v) is 9.00. The zero-order chi connectivity index (χ0) is 18.7. The normalized spacial score (nSPS) is 17.8. The Bertz CT molecular complexity index is 782. The van der Waals surface area contributed by atoms with E-state index in [1.807, 2.05) is 36.1 Å². The minimum atomic E-state index is -0.462. The number of likely N-dealkylation sites (tertiary alicyclic amines) is 1. The van der Waals surface area contributed by atoms with Crippen LogP contribution in [0.15, 0.2) is 42.5 Å². The molecule has 0 spiro atoms. The average molecular weight is 377 g/mol. The molecule has 1 saturated heterocycles. The van der Waals surface area contributed by atoms with Gasteiger partial charge in [-0.15, -0.1) is 0 Å². The Balaban J connectivity index is 1.59. The quantitative estimate of drug-likeness (QED) is 0.836. The molecule has 0 radical (unpaired) electrons. The maximum atomic E-state index is 13.3. The van der Waals surface area contributed by atoms with Crippen LogP contribution in [-0.2, 0) is 0 Å². The van der Waals surface area contributed by atoms with Crippen LogP contribution in [0.5, 0.6) is 5.75 Å². The van der Waals surface area contributed by atoms with Crippen LogP contribution in [0.25, 0.3) is 0 Å². The van der Waals surface area contributed by atoms with E-state index in [-0.39, 0.29) is 17.1 Å². The maximum Gasteiger partial charge on any atom is 0.317 e. The van der Waals surface area contributed by atoms with E-state index < -0.39 is 5.82 Å². The van der Waals surface area contributed by atoms with Crippen LogP contribution in [0.3, 0.4) is 0 Å². The third kappa shape index (κ3) is 4.10. The highest BCUT2D eigenvalue weighted by Crippen LogP contribution is 2.29.